The molecule has 1 N–H and O–H groups in total. The lowest BCUT2D eigenvalue weighted by molar-refractivity contribution is -0.118. The van der Waals surface area contributed by atoms with Crippen LogP contribution in [0.25, 0.3) is 6.08 Å². The Balaban J connectivity index is 1.65. The number of anilines is 1. The minimum absolute atomic E-state index is 0.0297. The summed E-state index contributed by atoms with van der Waals surface area (Å²) in [6.45, 7) is 8.12. The highest BCUT2D eigenvalue weighted by Crippen LogP contribution is 2.29. The Kier molecular flexibility index (Phi) is 7.84. The Bertz CT molecular complexity index is 1130. The third-order valence-electron chi connectivity index (χ3n) is 4.70. The number of carbonyl (C=O) groups excluding carboxylic acids is 2. The zero-order valence-electron chi connectivity index (χ0n) is 18.7. The first kappa shape index (κ1) is 23.3. The fraction of sp³-hybridized carbons (Fsp3) is 0.231. The first-order valence-corrected chi connectivity index (χ1v) is 11.2. The van der Waals surface area contributed by atoms with Crippen molar-refractivity contribution in [3.05, 3.63) is 81.1 Å². The molecule has 0 saturated heterocycles. The second-order valence-corrected chi connectivity index (χ2v) is 8.83. The molecule has 0 unspecified atom stereocenters. The molecule has 3 aromatic rings. The summed E-state index contributed by atoms with van der Waals surface area (Å²) in [7, 11) is 0. The van der Waals surface area contributed by atoms with E-state index >= 15 is 0 Å². The first-order valence-electron chi connectivity index (χ1n) is 10.4. The Morgan fingerprint density at radius 2 is 1.72 bits per heavy atom. The van der Waals surface area contributed by atoms with Crippen LogP contribution in [0.3, 0.4) is 0 Å². The number of hydrogen-bond donors (Lipinski definition) is 1. The Hall–Kier alpha value is -3.38. The van der Waals surface area contributed by atoms with Gasteiger partial charge in [0.1, 0.15) is 0 Å². The number of ether oxygens (including phenoxy) is 2. The highest BCUT2D eigenvalue weighted by molar-refractivity contribution is 7.12. The Morgan fingerprint density at radius 1 is 0.969 bits per heavy atom. The quantitative estimate of drug-likeness (QED) is 0.322. The molecule has 0 bridgehead atoms. The maximum Gasteiger partial charge on any atom is 0.262 e. The van der Waals surface area contributed by atoms with Crippen molar-refractivity contribution in [2.75, 3.05) is 18.5 Å². The first-order chi connectivity index (χ1) is 15.4. The second kappa shape index (κ2) is 10.8. The number of rotatable bonds is 9. The summed E-state index contributed by atoms with van der Waals surface area (Å²) in [5.41, 5.74) is 3.38. The molecule has 1 aromatic heterocycles. The SMILES string of the molecule is CCOc1cc(/C=C/C(=O)c2cc(C)sc2C)ccc1OCC(=O)Nc1ccc(C)cc1. The van der Waals surface area contributed by atoms with E-state index in [0.717, 1.165) is 32.1 Å². The van der Waals surface area contributed by atoms with Gasteiger partial charge in [-0.2, -0.15) is 0 Å². The van der Waals surface area contributed by atoms with E-state index < -0.39 is 0 Å². The highest BCUT2D eigenvalue weighted by Gasteiger charge is 2.11. The number of allylic oxidation sites excluding steroid dienone is 1. The second-order valence-electron chi connectivity index (χ2n) is 7.37. The maximum absolute atomic E-state index is 12.5. The van der Waals surface area contributed by atoms with Gasteiger partial charge in [0.15, 0.2) is 23.9 Å². The number of aryl methyl sites for hydroxylation is 3. The maximum atomic E-state index is 12.5. The van der Waals surface area contributed by atoms with E-state index in [-0.39, 0.29) is 18.3 Å². The van der Waals surface area contributed by atoms with Crippen LogP contribution in [0.4, 0.5) is 5.69 Å². The zero-order valence-corrected chi connectivity index (χ0v) is 19.5. The van der Waals surface area contributed by atoms with Gasteiger partial charge in [-0.05, 0) is 69.7 Å². The van der Waals surface area contributed by atoms with E-state index in [0.29, 0.717) is 18.1 Å². The Morgan fingerprint density at radius 3 is 2.38 bits per heavy atom. The van der Waals surface area contributed by atoms with Crippen molar-refractivity contribution in [2.24, 2.45) is 0 Å². The normalized spacial score (nSPS) is 10.9. The van der Waals surface area contributed by atoms with Gasteiger partial charge in [0.05, 0.1) is 6.61 Å². The van der Waals surface area contributed by atoms with Crippen molar-refractivity contribution in [3.8, 4) is 11.5 Å². The van der Waals surface area contributed by atoms with Gasteiger partial charge in [0.25, 0.3) is 5.91 Å². The smallest absolute Gasteiger partial charge is 0.262 e. The van der Waals surface area contributed by atoms with Gasteiger partial charge in [-0.3, -0.25) is 9.59 Å². The van der Waals surface area contributed by atoms with Crippen molar-refractivity contribution in [1.82, 2.24) is 0 Å². The van der Waals surface area contributed by atoms with Gasteiger partial charge in [-0.15, -0.1) is 11.3 Å². The lowest BCUT2D eigenvalue weighted by Gasteiger charge is -2.13. The van der Waals surface area contributed by atoms with Crippen LogP contribution in [-0.4, -0.2) is 24.9 Å². The molecule has 166 valence electrons. The predicted octanol–water partition coefficient (Wildman–Crippen LogP) is 5.99. The van der Waals surface area contributed by atoms with E-state index in [2.05, 4.69) is 5.32 Å². The van der Waals surface area contributed by atoms with Crippen LogP contribution in [0.1, 0.15) is 38.2 Å². The molecule has 0 fully saturated rings. The van der Waals surface area contributed by atoms with Gasteiger partial charge >= 0.3 is 0 Å². The highest BCUT2D eigenvalue weighted by atomic mass is 32.1. The third kappa shape index (κ3) is 6.31. The summed E-state index contributed by atoms with van der Waals surface area (Å²) < 4.78 is 11.4. The predicted molar refractivity (Wildman–Crippen MR) is 130 cm³/mol. The number of ketones is 1. The average Bonchev–Trinajstić information content (AvgIpc) is 3.11. The molecule has 32 heavy (non-hydrogen) atoms. The van der Waals surface area contributed by atoms with Gasteiger partial charge < -0.3 is 14.8 Å². The largest absolute Gasteiger partial charge is 0.490 e. The summed E-state index contributed by atoms with van der Waals surface area (Å²) >= 11 is 1.61. The molecule has 0 aliphatic rings. The van der Waals surface area contributed by atoms with Crippen LogP contribution in [0, 0.1) is 20.8 Å². The number of amides is 1. The monoisotopic (exact) mass is 449 g/mol. The van der Waals surface area contributed by atoms with Gasteiger partial charge in [0.2, 0.25) is 0 Å². The molecular formula is C26H27NO4S. The molecule has 0 aliphatic carbocycles. The van der Waals surface area contributed by atoms with Crippen molar-refractivity contribution in [2.45, 2.75) is 27.7 Å². The van der Waals surface area contributed by atoms with Crippen molar-refractivity contribution in [1.29, 1.82) is 0 Å². The molecule has 1 amide bonds. The van der Waals surface area contributed by atoms with E-state index in [4.69, 9.17) is 9.47 Å². The number of thiophene rings is 1. The number of carbonyl (C=O) groups is 2. The topological polar surface area (TPSA) is 64.6 Å². The molecular weight excluding hydrogens is 422 g/mol. The van der Waals surface area contributed by atoms with Crippen LogP contribution in [0.15, 0.2) is 54.6 Å². The molecule has 2 aromatic carbocycles. The molecule has 0 aliphatic heterocycles. The lowest BCUT2D eigenvalue weighted by atomic mass is 10.1. The van der Waals surface area contributed by atoms with Crippen molar-refractivity contribution < 1.29 is 19.1 Å². The summed E-state index contributed by atoms with van der Waals surface area (Å²) in [4.78, 5) is 26.8. The molecule has 0 saturated carbocycles. The molecule has 0 atom stereocenters. The van der Waals surface area contributed by atoms with E-state index in [9.17, 15) is 9.59 Å². The summed E-state index contributed by atoms with van der Waals surface area (Å²) in [6.07, 6.45) is 3.32. The summed E-state index contributed by atoms with van der Waals surface area (Å²) in [5.74, 6) is 0.705. The summed E-state index contributed by atoms with van der Waals surface area (Å²) in [5, 5.41) is 2.80. The average molecular weight is 450 g/mol. The van der Waals surface area contributed by atoms with Gasteiger partial charge in [-0.1, -0.05) is 29.8 Å². The number of benzene rings is 2. The van der Waals surface area contributed by atoms with Crippen molar-refractivity contribution in [3.63, 3.8) is 0 Å². The van der Waals surface area contributed by atoms with Gasteiger partial charge in [-0.25, -0.2) is 0 Å². The molecule has 1 heterocycles. The fourth-order valence-corrected chi connectivity index (χ4v) is 4.06. The van der Waals surface area contributed by atoms with E-state index in [1.807, 2.05) is 64.1 Å². The van der Waals surface area contributed by atoms with Crippen LogP contribution >= 0.6 is 11.3 Å². The van der Waals surface area contributed by atoms with Crippen LogP contribution in [-0.2, 0) is 4.79 Å². The molecule has 5 nitrogen and oxygen atoms in total. The third-order valence-corrected chi connectivity index (χ3v) is 5.66. The lowest BCUT2D eigenvalue weighted by Crippen LogP contribution is -2.20. The molecule has 0 radical (unpaired) electrons. The molecule has 6 heteroatoms. The number of hydrogen-bond acceptors (Lipinski definition) is 5. The van der Waals surface area contributed by atoms with Gasteiger partial charge in [0, 0.05) is 21.0 Å². The van der Waals surface area contributed by atoms with E-state index in [1.165, 1.54) is 0 Å². The minimum atomic E-state index is -0.257. The van der Waals surface area contributed by atoms with Crippen LogP contribution < -0.4 is 14.8 Å². The zero-order chi connectivity index (χ0) is 23.1. The van der Waals surface area contributed by atoms with E-state index in [1.54, 1.807) is 35.6 Å². The Labute approximate surface area is 192 Å². The van der Waals surface area contributed by atoms with Crippen LogP contribution in [0.2, 0.25) is 0 Å². The molecule has 0 spiro atoms. The van der Waals surface area contributed by atoms with Crippen molar-refractivity contribution >= 4 is 34.8 Å². The number of nitrogens with one attached hydrogen (secondary N) is 1. The molecule has 3 rings (SSSR count). The summed E-state index contributed by atoms with van der Waals surface area (Å²) in [6, 6.07) is 14.8. The fourth-order valence-electron chi connectivity index (χ4n) is 3.13. The van der Waals surface area contributed by atoms with Crippen LogP contribution in [0.5, 0.6) is 11.5 Å². The standard InChI is InChI=1S/C26H27NO4S/c1-5-30-25-15-20(8-12-23(28)22-14-18(3)32-19(22)4)9-13-24(25)31-16-26(29)27-21-10-6-17(2)7-11-21/h6-15H,5,16H2,1-4H3,(H,27,29)/b12-8+. The minimum Gasteiger partial charge on any atom is -0.490 e.